The summed E-state index contributed by atoms with van der Waals surface area (Å²) in [6, 6.07) is 5.84. The summed E-state index contributed by atoms with van der Waals surface area (Å²) in [5.41, 5.74) is 3.04. The number of anilines is 2. The minimum atomic E-state index is -0.0898. The highest BCUT2D eigenvalue weighted by atomic mass is 35.5. The predicted molar refractivity (Wildman–Crippen MR) is 127 cm³/mol. The number of fused-ring (bicyclic) bond motifs is 2. The Balaban J connectivity index is 1.37. The highest BCUT2D eigenvalue weighted by molar-refractivity contribution is 6.36. The maximum Gasteiger partial charge on any atom is 0.251 e. The van der Waals surface area contributed by atoms with E-state index in [1.54, 1.807) is 12.5 Å². The molecule has 0 bridgehead atoms. The standard InChI is InChI=1S/C22H25ClN8O/c1-12(2)27-21(32)14-4-5-16-17(8-14)29-22(28-16)31-7-6-30(10-13(31)3)20-18-15(23)9-24-19(18)25-11-26-20/h4-5,8-9,11-13H,6-7,10H2,1-3H3,(H,27,32)(H,28,29)(H,24,25,26)/t13-/m0/s1. The number of imidazole rings is 1. The van der Waals surface area contributed by atoms with Gasteiger partial charge in [0, 0.05) is 43.5 Å². The third-order valence-corrected chi connectivity index (χ3v) is 6.05. The fourth-order valence-corrected chi connectivity index (χ4v) is 4.46. The first-order chi connectivity index (χ1) is 15.4. The number of rotatable bonds is 4. The second-order valence-corrected chi connectivity index (χ2v) is 8.87. The molecule has 32 heavy (non-hydrogen) atoms. The largest absolute Gasteiger partial charge is 0.352 e. The molecule has 1 amide bonds. The Morgan fingerprint density at radius 1 is 1.28 bits per heavy atom. The summed E-state index contributed by atoms with van der Waals surface area (Å²) in [7, 11) is 0. The zero-order valence-electron chi connectivity index (χ0n) is 18.2. The second kappa shape index (κ2) is 7.98. The van der Waals surface area contributed by atoms with Crippen molar-refractivity contribution in [2.45, 2.75) is 32.9 Å². The molecule has 3 aromatic heterocycles. The Morgan fingerprint density at radius 3 is 2.91 bits per heavy atom. The van der Waals surface area contributed by atoms with Gasteiger partial charge in [-0.3, -0.25) is 4.79 Å². The number of piperazine rings is 1. The number of benzene rings is 1. The van der Waals surface area contributed by atoms with Gasteiger partial charge in [0.1, 0.15) is 17.8 Å². The summed E-state index contributed by atoms with van der Waals surface area (Å²) in [5, 5.41) is 4.40. The fraction of sp³-hybridized carbons (Fsp3) is 0.364. The van der Waals surface area contributed by atoms with Gasteiger partial charge >= 0.3 is 0 Å². The van der Waals surface area contributed by atoms with Crippen LogP contribution in [0.25, 0.3) is 22.1 Å². The van der Waals surface area contributed by atoms with Crippen LogP contribution in [0.3, 0.4) is 0 Å². The fourth-order valence-electron chi connectivity index (χ4n) is 4.23. The van der Waals surface area contributed by atoms with Crippen molar-refractivity contribution in [3.8, 4) is 0 Å². The average molecular weight is 453 g/mol. The second-order valence-electron chi connectivity index (χ2n) is 8.47. The van der Waals surface area contributed by atoms with Crippen molar-refractivity contribution in [2.75, 3.05) is 29.4 Å². The first kappa shape index (κ1) is 20.6. The first-order valence-electron chi connectivity index (χ1n) is 10.7. The zero-order chi connectivity index (χ0) is 22.4. The summed E-state index contributed by atoms with van der Waals surface area (Å²) in [4.78, 5) is 36.9. The van der Waals surface area contributed by atoms with Crippen molar-refractivity contribution in [2.24, 2.45) is 0 Å². The van der Waals surface area contributed by atoms with Gasteiger partial charge in [-0.05, 0) is 39.0 Å². The molecule has 0 unspecified atom stereocenters. The molecule has 1 aliphatic heterocycles. The number of nitrogens with zero attached hydrogens (tertiary/aromatic N) is 5. The molecule has 1 fully saturated rings. The first-order valence-corrected chi connectivity index (χ1v) is 11.1. The molecule has 0 spiro atoms. The maximum atomic E-state index is 12.3. The summed E-state index contributed by atoms with van der Waals surface area (Å²) >= 11 is 6.37. The monoisotopic (exact) mass is 452 g/mol. The van der Waals surface area contributed by atoms with E-state index in [1.165, 1.54) is 0 Å². The van der Waals surface area contributed by atoms with Gasteiger partial charge in [0.25, 0.3) is 5.91 Å². The molecule has 0 saturated carbocycles. The molecular formula is C22H25ClN8O. The van der Waals surface area contributed by atoms with E-state index in [0.717, 1.165) is 53.5 Å². The number of nitrogens with one attached hydrogen (secondary N) is 3. The maximum absolute atomic E-state index is 12.3. The van der Waals surface area contributed by atoms with E-state index in [0.29, 0.717) is 10.6 Å². The van der Waals surface area contributed by atoms with E-state index in [4.69, 9.17) is 16.6 Å². The molecule has 9 nitrogen and oxygen atoms in total. The van der Waals surface area contributed by atoms with Crippen LogP contribution in [0.4, 0.5) is 11.8 Å². The van der Waals surface area contributed by atoms with E-state index < -0.39 is 0 Å². The molecule has 3 N–H and O–H groups in total. The molecule has 166 valence electrons. The van der Waals surface area contributed by atoms with Crippen LogP contribution in [0.1, 0.15) is 31.1 Å². The number of hydrogen-bond acceptors (Lipinski definition) is 6. The molecule has 1 saturated heterocycles. The average Bonchev–Trinajstić information content (AvgIpc) is 3.36. The van der Waals surface area contributed by atoms with Crippen molar-refractivity contribution in [1.82, 2.24) is 30.2 Å². The van der Waals surface area contributed by atoms with Crippen LogP contribution in [-0.2, 0) is 0 Å². The van der Waals surface area contributed by atoms with Gasteiger partial charge in [0.05, 0.1) is 21.4 Å². The Labute approximate surface area is 190 Å². The van der Waals surface area contributed by atoms with Gasteiger partial charge in [-0.2, -0.15) is 0 Å². The topological polar surface area (TPSA) is 106 Å². The van der Waals surface area contributed by atoms with E-state index >= 15 is 0 Å². The molecule has 4 aromatic rings. The lowest BCUT2D eigenvalue weighted by Gasteiger charge is -2.40. The lowest BCUT2D eigenvalue weighted by molar-refractivity contribution is 0.0943. The summed E-state index contributed by atoms with van der Waals surface area (Å²) in [6.07, 6.45) is 3.31. The normalized spacial score (nSPS) is 17.0. The Bertz CT molecular complexity index is 1300. The third kappa shape index (κ3) is 3.62. The van der Waals surface area contributed by atoms with Crippen molar-refractivity contribution in [3.63, 3.8) is 0 Å². The van der Waals surface area contributed by atoms with Crippen LogP contribution in [0.2, 0.25) is 5.02 Å². The number of halogens is 1. The highest BCUT2D eigenvalue weighted by Crippen LogP contribution is 2.31. The van der Waals surface area contributed by atoms with Crippen molar-refractivity contribution in [3.05, 3.63) is 41.3 Å². The predicted octanol–water partition coefficient (Wildman–Crippen LogP) is 3.34. The molecular weight excluding hydrogens is 428 g/mol. The van der Waals surface area contributed by atoms with E-state index in [2.05, 4.69) is 42.0 Å². The molecule has 0 radical (unpaired) electrons. The highest BCUT2D eigenvalue weighted by Gasteiger charge is 2.28. The number of H-pyrrole nitrogens is 2. The van der Waals surface area contributed by atoms with Crippen LogP contribution in [0, 0.1) is 0 Å². The van der Waals surface area contributed by atoms with E-state index in [9.17, 15) is 4.79 Å². The number of carbonyl (C=O) groups is 1. The lowest BCUT2D eigenvalue weighted by Crippen LogP contribution is -2.52. The number of amides is 1. The summed E-state index contributed by atoms with van der Waals surface area (Å²) in [5.74, 6) is 1.56. The molecule has 1 aromatic carbocycles. The van der Waals surface area contributed by atoms with Crippen LogP contribution >= 0.6 is 11.6 Å². The SMILES string of the molecule is CC(C)NC(=O)c1ccc2[nH]c(N3CCN(c4ncnc5[nH]cc(Cl)c45)C[C@@H]3C)nc2c1. The molecule has 10 heteroatoms. The van der Waals surface area contributed by atoms with Gasteiger partial charge in [0.15, 0.2) is 0 Å². The van der Waals surface area contributed by atoms with Crippen LogP contribution in [0.15, 0.2) is 30.7 Å². The van der Waals surface area contributed by atoms with Crippen LogP contribution in [0.5, 0.6) is 0 Å². The van der Waals surface area contributed by atoms with E-state index in [1.807, 2.05) is 32.0 Å². The van der Waals surface area contributed by atoms with Crippen molar-refractivity contribution < 1.29 is 4.79 Å². The molecule has 5 rings (SSSR count). The number of carbonyl (C=O) groups excluding carboxylic acids is 1. The summed E-state index contributed by atoms with van der Waals surface area (Å²) in [6.45, 7) is 8.37. The van der Waals surface area contributed by atoms with Crippen LogP contribution in [-0.4, -0.2) is 62.5 Å². The van der Waals surface area contributed by atoms with Gasteiger partial charge in [0.2, 0.25) is 5.95 Å². The Hall–Kier alpha value is -3.33. The van der Waals surface area contributed by atoms with Gasteiger partial charge < -0.3 is 25.1 Å². The van der Waals surface area contributed by atoms with E-state index in [-0.39, 0.29) is 18.0 Å². The van der Waals surface area contributed by atoms with Crippen molar-refractivity contribution in [1.29, 1.82) is 0 Å². The lowest BCUT2D eigenvalue weighted by atomic mass is 10.2. The van der Waals surface area contributed by atoms with Gasteiger partial charge in [-0.15, -0.1) is 0 Å². The minimum absolute atomic E-state index is 0.0855. The summed E-state index contributed by atoms with van der Waals surface area (Å²) < 4.78 is 0. The quantitative estimate of drug-likeness (QED) is 0.438. The van der Waals surface area contributed by atoms with Crippen LogP contribution < -0.4 is 15.1 Å². The smallest absolute Gasteiger partial charge is 0.251 e. The minimum Gasteiger partial charge on any atom is -0.352 e. The number of hydrogen-bond donors (Lipinski definition) is 3. The number of aromatic nitrogens is 5. The van der Waals surface area contributed by atoms with Crippen molar-refractivity contribution >= 4 is 51.3 Å². The molecule has 1 atom stereocenters. The zero-order valence-corrected chi connectivity index (χ0v) is 18.9. The number of aromatic amines is 2. The third-order valence-electron chi connectivity index (χ3n) is 5.75. The Morgan fingerprint density at radius 2 is 2.12 bits per heavy atom. The molecule has 0 aliphatic carbocycles. The van der Waals surface area contributed by atoms with Gasteiger partial charge in [-0.25, -0.2) is 15.0 Å². The molecule has 1 aliphatic rings. The molecule has 4 heterocycles. The van der Waals surface area contributed by atoms with Gasteiger partial charge in [-0.1, -0.05) is 11.6 Å². The Kier molecular flexibility index (Phi) is 5.13.